The van der Waals surface area contributed by atoms with Gasteiger partial charge in [-0.1, -0.05) is 6.07 Å². The van der Waals surface area contributed by atoms with Crippen molar-refractivity contribution in [1.29, 1.82) is 0 Å². The SMILES string of the molecule is Cc1ccc(NC(=O)CSCC(=O)O)cc1-n1cnnn1. The minimum atomic E-state index is -0.941. The minimum absolute atomic E-state index is 0.0837. The molecule has 0 spiro atoms. The van der Waals surface area contributed by atoms with E-state index >= 15 is 0 Å². The smallest absolute Gasteiger partial charge is 0.313 e. The maximum absolute atomic E-state index is 11.7. The number of carboxylic acids is 1. The topological polar surface area (TPSA) is 110 Å². The van der Waals surface area contributed by atoms with Crippen LogP contribution in [-0.2, 0) is 9.59 Å². The molecule has 0 radical (unpaired) electrons. The zero-order valence-corrected chi connectivity index (χ0v) is 12.0. The number of thioether (sulfide) groups is 1. The third-order valence-corrected chi connectivity index (χ3v) is 3.46. The number of amides is 1. The van der Waals surface area contributed by atoms with E-state index in [1.54, 1.807) is 12.1 Å². The molecule has 2 N–H and O–H groups in total. The van der Waals surface area contributed by atoms with E-state index < -0.39 is 5.97 Å². The first-order valence-corrected chi connectivity index (χ1v) is 7.15. The van der Waals surface area contributed by atoms with E-state index in [0.29, 0.717) is 5.69 Å². The number of aromatic nitrogens is 4. The highest BCUT2D eigenvalue weighted by Gasteiger charge is 2.08. The van der Waals surface area contributed by atoms with Crippen LogP contribution in [0.2, 0.25) is 0 Å². The van der Waals surface area contributed by atoms with Gasteiger partial charge in [0.15, 0.2) is 0 Å². The van der Waals surface area contributed by atoms with E-state index in [2.05, 4.69) is 20.8 Å². The summed E-state index contributed by atoms with van der Waals surface area (Å²) in [6.07, 6.45) is 1.47. The van der Waals surface area contributed by atoms with Crippen molar-refractivity contribution >= 4 is 29.3 Å². The van der Waals surface area contributed by atoms with Crippen molar-refractivity contribution in [2.24, 2.45) is 0 Å². The lowest BCUT2D eigenvalue weighted by atomic mass is 10.2. The molecule has 0 saturated heterocycles. The Labute approximate surface area is 124 Å². The summed E-state index contributed by atoms with van der Waals surface area (Å²) in [7, 11) is 0. The van der Waals surface area contributed by atoms with E-state index in [-0.39, 0.29) is 17.4 Å². The predicted octanol–water partition coefficient (Wildman–Crippen LogP) is 0.727. The summed E-state index contributed by atoms with van der Waals surface area (Å²) in [6.45, 7) is 1.91. The van der Waals surface area contributed by atoms with Gasteiger partial charge in [0.05, 0.1) is 17.2 Å². The minimum Gasteiger partial charge on any atom is -0.481 e. The van der Waals surface area contributed by atoms with Gasteiger partial charge < -0.3 is 10.4 Å². The van der Waals surface area contributed by atoms with Gasteiger partial charge in [-0.05, 0) is 35.0 Å². The highest BCUT2D eigenvalue weighted by atomic mass is 32.2. The number of carbonyl (C=O) groups excluding carboxylic acids is 1. The van der Waals surface area contributed by atoms with Gasteiger partial charge in [-0.25, -0.2) is 4.68 Å². The van der Waals surface area contributed by atoms with Crippen molar-refractivity contribution in [2.45, 2.75) is 6.92 Å². The number of rotatable bonds is 6. The largest absolute Gasteiger partial charge is 0.481 e. The number of nitrogens with one attached hydrogen (secondary N) is 1. The molecule has 1 heterocycles. The van der Waals surface area contributed by atoms with Crippen molar-refractivity contribution in [3.05, 3.63) is 30.1 Å². The van der Waals surface area contributed by atoms with Crippen LogP contribution in [0.5, 0.6) is 0 Å². The molecule has 1 aromatic carbocycles. The second-order valence-corrected chi connectivity index (χ2v) is 5.18. The number of hydrogen-bond donors (Lipinski definition) is 2. The number of carbonyl (C=O) groups is 2. The predicted molar refractivity (Wildman–Crippen MR) is 77.5 cm³/mol. The Bertz CT molecular complexity index is 644. The second kappa shape index (κ2) is 6.84. The molecular formula is C12H13N5O3S. The molecule has 2 rings (SSSR count). The number of aryl methyl sites for hydroxylation is 1. The molecule has 21 heavy (non-hydrogen) atoms. The number of nitrogens with zero attached hydrogens (tertiary/aromatic N) is 4. The average molecular weight is 307 g/mol. The van der Waals surface area contributed by atoms with Gasteiger partial charge in [0.1, 0.15) is 6.33 Å². The first-order valence-electron chi connectivity index (χ1n) is 5.99. The van der Waals surface area contributed by atoms with Crippen molar-refractivity contribution in [2.75, 3.05) is 16.8 Å². The van der Waals surface area contributed by atoms with Crippen LogP contribution in [0.4, 0.5) is 5.69 Å². The molecule has 0 fully saturated rings. The van der Waals surface area contributed by atoms with Gasteiger partial charge in [0.25, 0.3) is 0 Å². The standard InChI is InChI=1S/C12H13N5O3S/c1-8-2-3-9(4-10(8)17-7-13-15-16-17)14-11(18)5-21-6-12(19)20/h2-4,7H,5-6H2,1H3,(H,14,18)(H,19,20). The van der Waals surface area contributed by atoms with Crippen LogP contribution in [0.15, 0.2) is 24.5 Å². The molecule has 1 aromatic heterocycles. The summed E-state index contributed by atoms with van der Waals surface area (Å²) in [4.78, 5) is 22.1. The number of carboxylic acid groups (broad SMARTS) is 1. The molecular weight excluding hydrogens is 294 g/mol. The molecule has 110 valence electrons. The molecule has 9 heteroatoms. The summed E-state index contributed by atoms with van der Waals surface area (Å²) < 4.78 is 1.50. The van der Waals surface area contributed by atoms with Crippen LogP contribution in [-0.4, -0.2) is 48.7 Å². The Hall–Kier alpha value is -2.42. The van der Waals surface area contributed by atoms with Gasteiger partial charge in [0.2, 0.25) is 5.91 Å². The van der Waals surface area contributed by atoms with E-state index in [1.807, 2.05) is 13.0 Å². The van der Waals surface area contributed by atoms with Gasteiger partial charge in [-0.2, -0.15) is 0 Å². The fourth-order valence-corrected chi connectivity index (χ4v) is 2.17. The number of benzene rings is 1. The maximum atomic E-state index is 11.7. The zero-order valence-electron chi connectivity index (χ0n) is 11.2. The molecule has 0 bridgehead atoms. The van der Waals surface area contributed by atoms with Crippen molar-refractivity contribution in [3.63, 3.8) is 0 Å². The number of anilines is 1. The van der Waals surface area contributed by atoms with Gasteiger partial charge in [0, 0.05) is 5.69 Å². The quantitative estimate of drug-likeness (QED) is 0.809. The summed E-state index contributed by atoms with van der Waals surface area (Å²) >= 11 is 1.04. The van der Waals surface area contributed by atoms with Crippen LogP contribution in [0, 0.1) is 6.92 Å². The Morgan fingerprint density at radius 1 is 1.38 bits per heavy atom. The van der Waals surface area contributed by atoms with Gasteiger partial charge >= 0.3 is 5.97 Å². The molecule has 8 nitrogen and oxygen atoms in total. The van der Waals surface area contributed by atoms with E-state index in [9.17, 15) is 9.59 Å². The van der Waals surface area contributed by atoms with Gasteiger partial charge in [-0.3, -0.25) is 9.59 Å². The van der Waals surface area contributed by atoms with Crippen molar-refractivity contribution < 1.29 is 14.7 Å². The Balaban J connectivity index is 2.03. The molecule has 0 aliphatic carbocycles. The number of hydrogen-bond acceptors (Lipinski definition) is 6. The number of aliphatic carboxylic acids is 1. The molecule has 0 unspecified atom stereocenters. The zero-order chi connectivity index (χ0) is 15.2. The van der Waals surface area contributed by atoms with Crippen LogP contribution in [0.1, 0.15) is 5.56 Å². The average Bonchev–Trinajstić information content (AvgIpc) is 2.94. The van der Waals surface area contributed by atoms with Crippen molar-refractivity contribution in [3.8, 4) is 5.69 Å². The third kappa shape index (κ3) is 4.28. The molecule has 0 aliphatic heterocycles. The summed E-state index contributed by atoms with van der Waals surface area (Å²) in [5, 5.41) is 22.2. The van der Waals surface area contributed by atoms with E-state index in [0.717, 1.165) is 23.0 Å². The Kier molecular flexibility index (Phi) is 4.88. The molecule has 0 aliphatic rings. The highest BCUT2D eigenvalue weighted by Crippen LogP contribution is 2.18. The fourth-order valence-electron chi connectivity index (χ4n) is 1.63. The Morgan fingerprint density at radius 3 is 2.86 bits per heavy atom. The maximum Gasteiger partial charge on any atom is 0.313 e. The lowest BCUT2D eigenvalue weighted by molar-refractivity contribution is -0.133. The second-order valence-electron chi connectivity index (χ2n) is 4.19. The van der Waals surface area contributed by atoms with Crippen LogP contribution >= 0.6 is 11.8 Å². The van der Waals surface area contributed by atoms with Crippen LogP contribution in [0.25, 0.3) is 5.69 Å². The Morgan fingerprint density at radius 2 is 2.19 bits per heavy atom. The monoisotopic (exact) mass is 307 g/mol. The lowest BCUT2D eigenvalue weighted by Crippen LogP contribution is -2.15. The van der Waals surface area contributed by atoms with E-state index in [1.165, 1.54) is 11.0 Å². The summed E-state index contributed by atoms with van der Waals surface area (Å²) in [5.41, 5.74) is 2.32. The first-order chi connectivity index (χ1) is 10.1. The molecule has 0 atom stereocenters. The molecule has 1 amide bonds. The van der Waals surface area contributed by atoms with Gasteiger partial charge in [-0.15, -0.1) is 16.9 Å². The molecule has 0 saturated carbocycles. The molecule has 2 aromatic rings. The van der Waals surface area contributed by atoms with E-state index in [4.69, 9.17) is 5.11 Å². The van der Waals surface area contributed by atoms with Crippen LogP contribution in [0.3, 0.4) is 0 Å². The third-order valence-electron chi connectivity index (χ3n) is 2.55. The summed E-state index contributed by atoms with van der Waals surface area (Å²) in [6, 6.07) is 5.37. The highest BCUT2D eigenvalue weighted by molar-refractivity contribution is 8.00. The normalized spacial score (nSPS) is 10.3. The number of tetrazole rings is 1. The fraction of sp³-hybridized carbons (Fsp3) is 0.250. The van der Waals surface area contributed by atoms with Crippen LogP contribution < -0.4 is 5.32 Å². The van der Waals surface area contributed by atoms with Crippen molar-refractivity contribution in [1.82, 2.24) is 20.2 Å². The lowest BCUT2D eigenvalue weighted by Gasteiger charge is -2.09. The first kappa shape index (κ1) is 15.0. The summed E-state index contributed by atoms with van der Waals surface area (Å²) in [5.74, 6) is -1.21.